The maximum atomic E-state index is 12.9. The van der Waals surface area contributed by atoms with E-state index in [4.69, 9.17) is 13.9 Å². The molecule has 2 rings (SSSR count). The Hall–Kier alpha value is -2.02. The van der Waals surface area contributed by atoms with Crippen LogP contribution in [0.1, 0.15) is 39.7 Å². The SMILES string of the molecule is C[C@@H]1O[C@H](O[Si](C)(C)C(C)(C)C)C[C@H](NC(=O)C(F)(F)F)[C@H]1OCc1ccc([N+](=O)[O-])cc1. The first kappa shape index (κ1) is 27.2. The van der Waals surface area contributed by atoms with Gasteiger partial charge in [-0.25, -0.2) is 0 Å². The van der Waals surface area contributed by atoms with Gasteiger partial charge in [0.15, 0.2) is 8.32 Å². The largest absolute Gasteiger partial charge is 0.471 e. The first-order chi connectivity index (χ1) is 15.0. The van der Waals surface area contributed by atoms with E-state index in [1.165, 1.54) is 24.3 Å². The Bertz CT molecular complexity index is 842. The molecule has 0 radical (unpaired) electrons. The van der Waals surface area contributed by atoms with Crippen LogP contribution in [0.15, 0.2) is 24.3 Å². The molecule has 1 aliphatic rings. The molecule has 0 aromatic heterocycles. The summed E-state index contributed by atoms with van der Waals surface area (Å²) in [4.78, 5) is 21.9. The van der Waals surface area contributed by atoms with Crippen LogP contribution in [-0.2, 0) is 25.3 Å². The van der Waals surface area contributed by atoms with Gasteiger partial charge in [-0.15, -0.1) is 0 Å². The highest BCUT2D eigenvalue weighted by molar-refractivity contribution is 6.74. The van der Waals surface area contributed by atoms with Crippen molar-refractivity contribution in [3.05, 3.63) is 39.9 Å². The number of nitro benzene ring substituents is 1. The molecule has 186 valence electrons. The molecule has 1 fully saturated rings. The van der Waals surface area contributed by atoms with Gasteiger partial charge in [-0.1, -0.05) is 20.8 Å². The van der Waals surface area contributed by atoms with Crippen LogP contribution in [0.5, 0.6) is 0 Å². The summed E-state index contributed by atoms with van der Waals surface area (Å²) in [5, 5.41) is 12.7. The number of nitro groups is 1. The normalized spacial score (nSPS) is 24.4. The Morgan fingerprint density at radius 2 is 1.82 bits per heavy atom. The lowest BCUT2D eigenvalue weighted by molar-refractivity contribution is -0.384. The molecule has 8 nitrogen and oxygen atoms in total. The van der Waals surface area contributed by atoms with E-state index in [1.807, 2.05) is 39.2 Å². The second-order valence-corrected chi connectivity index (χ2v) is 14.4. The topological polar surface area (TPSA) is 99.9 Å². The van der Waals surface area contributed by atoms with E-state index in [2.05, 4.69) is 0 Å². The number of hydrogen-bond donors (Lipinski definition) is 1. The Morgan fingerprint density at radius 1 is 1.24 bits per heavy atom. The average molecular weight is 493 g/mol. The highest BCUT2D eigenvalue weighted by Gasteiger charge is 2.47. The minimum Gasteiger partial charge on any atom is -0.392 e. The predicted molar refractivity (Wildman–Crippen MR) is 117 cm³/mol. The van der Waals surface area contributed by atoms with Crippen LogP contribution in [-0.4, -0.2) is 49.9 Å². The summed E-state index contributed by atoms with van der Waals surface area (Å²) in [7, 11) is -2.29. The molecule has 4 atom stereocenters. The van der Waals surface area contributed by atoms with Crippen LogP contribution in [0, 0.1) is 10.1 Å². The summed E-state index contributed by atoms with van der Waals surface area (Å²) in [6.07, 6.45) is -7.40. The van der Waals surface area contributed by atoms with Gasteiger partial charge >= 0.3 is 12.1 Å². The highest BCUT2D eigenvalue weighted by Crippen LogP contribution is 2.39. The first-order valence-electron chi connectivity index (χ1n) is 10.6. The molecule has 1 aliphatic heterocycles. The van der Waals surface area contributed by atoms with Gasteiger partial charge in [-0.3, -0.25) is 14.9 Å². The number of hydrogen-bond acceptors (Lipinski definition) is 6. The maximum absolute atomic E-state index is 12.9. The minimum absolute atomic E-state index is 0.0103. The molecule has 1 N–H and O–H groups in total. The summed E-state index contributed by atoms with van der Waals surface area (Å²) in [6.45, 7) is 11.7. The van der Waals surface area contributed by atoms with E-state index >= 15 is 0 Å². The van der Waals surface area contributed by atoms with Crippen LogP contribution in [0.2, 0.25) is 18.1 Å². The summed E-state index contributed by atoms with van der Waals surface area (Å²) in [5.41, 5.74) is 0.502. The molecule has 1 saturated heterocycles. The third kappa shape index (κ3) is 7.23. The molecule has 0 bridgehead atoms. The van der Waals surface area contributed by atoms with E-state index in [1.54, 1.807) is 6.92 Å². The summed E-state index contributed by atoms with van der Waals surface area (Å²) < 4.78 is 56.8. The standard InChI is InChI=1S/C21H31F3N2O6Si/c1-13-18(30-12-14-7-9-15(10-8-14)26(28)29)16(25-19(27)21(22,23)24)11-17(31-13)32-33(5,6)20(2,3)4/h7-10,13,16-18H,11-12H2,1-6H3,(H,25,27)/t13-,16-,17+,18-/m0/s1. The zero-order chi connectivity index (χ0) is 25.2. The van der Waals surface area contributed by atoms with Crippen molar-refractivity contribution in [2.24, 2.45) is 0 Å². The molecule has 1 aromatic rings. The molecule has 1 aromatic carbocycles. The lowest BCUT2D eigenvalue weighted by Gasteiger charge is -2.45. The second kappa shape index (κ2) is 10.1. The molecule has 0 aliphatic carbocycles. The van der Waals surface area contributed by atoms with Crippen molar-refractivity contribution in [2.45, 2.75) is 89.6 Å². The molecule has 1 amide bonds. The van der Waals surface area contributed by atoms with Crippen LogP contribution in [0.4, 0.5) is 18.9 Å². The Labute approximate surface area is 192 Å². The first-order valence-corrected chi connectivity index (χ1v) is 13.5. The van der Waals surface area contributed by atoms with E-state index < -0.39 is 49.9 Å². The van der Waals surface area contributed by atoms with E-state index in [0.717, 1.165) is 0 Å². The molecule has 1 heterocycles. The van der Waals surface area contributed by atoms with Crippen LogP contribution >= 0.6 is 0 Å². The second-order valence-electron chi connectivity index (χ2n) is 9.66. The van der Waals surface area contributed by atoms with Gasteiger partial charge in [0.05, 0.1) is 23.7 Å². The Balaban J connectivity index is 2.17. The Morgan fingerprint density at radius 3 is 2.30 bits per heavy atom. The van der Waals surface area contributed by atoms with Gasteiger partial charge in [-0.2, -0.15) is 13.2 Å². The number of nitrogens with one attached hydrogen (secondary N) is 1. The van der Waals surface area contributed by atoms with Gasteiger partial charge in [0.25, 0.3) is 5.69 Å². The maximum Gasteiger partial charge on any atom is 0.471 e. The van der Waals surface area contributed by atoms with Gasteiger partial charge < -0.3 is 19.2 Å². The fraction of sp³-hybridized carbons (Fsp3) is 0.667. The summed E-state index contributed by atoms with van der Waals surface area (Å²) in [6, 6.07) is 4.62. The third-order valence-electron chi connectivity index (χ3n) is 6.07. The van der Waals surface area contributed by atoms with Crippen molar-refractivity contribution >= 4 is 19.9 Å². The molecule has 12 heteroatoms. The fourth-order valence-electron chi connectivity index (χ4n) is 3.17. The quantitative estimate of drug-likeness (QED) is 0.337. The number of benzene rings is 1. The van der Waals surface area contributed by atoms with Crippen molar-refractivity contribution in [1.82, 2.24) is 5.32 Å². The number of alkyl halides is 3. The number of rotatable bonds is 7. The van der Waals surface area contributed by atoms with Crippen molar-refractivity contribution in [3.63, 3.8) is 0 Å². The molecule has 0 spiro atoms. The molecule has 0 saturated carbocycles. The Kier molecular flexibility index (Phi) is 8.31. The zero-order valence-electron chi connectivity index (χ0n) is 19.6. The summed E-state index contributed by atoms with van der Waals surface area (Å²) >= 11 is 0. The number of carbonyl (C=O) groups excluding carboxylic acids is 1. The van der Waals surface area contributed by atoms with Gasteiger partial charge in [0.1, 0.15) is 12.4 Å². The lowest BCUT2D eigenvalue weighted by Crippen LogP contribution is -2.59. The smallest absolute Gasteiger partial charge is 0.392 e. The minimum atomic E-state index is -5.04. The van der Waals surface area contributed by atoms with Crippen molar-refractivity contribution in [1.29, 1.82) is 0 Å². The van der Waals surface area contributed by atoms with E-state index in [9.17, 15) is 28.1 Å². The van der Waals surface area contributed by atoms with Crippen LogP contribution in [0.3, 0.4) is 0 Å². The molecular weight excluding hydrogens is 461 g/mol. The zero-order valence-corrected chi connectivity index (χ0v) is 20.6. The number of nitrogens with zero attached hydrogens (tertiary/aromatic N) is 1. The van der Waals surface area contributed by atoms with Crippen molar-refractivity contribution < 1.29 is 36.8 Å². The monoisotopic (exact) mass is 492 g/mol. The van der Waals surface area contributed by atoms with Crippen molar-refractivity contribution in [3.8, 4) is 0 Å². The highest BCUT2D eigenvalue weighted by atomic mass is 28.4. The molecule has 33 heavy (non-hydrogen) atoms. The summed E-state index contributed by atoms with van der Waals surface area (Å²) in [5.74, 6) is -2.06. The lowest BCUT2D eigenvalue weighted by atomic mass is 9.99. The van der Waals surface area contributed by atoms with E-state index in [0.29, 0.717) is 5.56 Å². The number of amides is 1. The molecule has 0 unspecified atom stereocenters. The fourth-order valence-corrected chi connectivity index (χ4v) is 4.33. The number of carbonyl (C=O) groups is 1. The number of non-ortho nitro benzene ring substituents is 1. The van der Waals surface area contributed by atoms with Crippen molar-refractivity contribution in [2.75, 3.05) is 0 Å². The van der Waals surface area contributed by atoms with Gasteiger partial charge in [0.2, 0.25) is 0 Å². The number of ether oxygens (including phenoxy) is 2. The molecular formula is C21H31F3N2O6Si. The van der Waals surface area contributed by atoms with Crippen LogP contribution in [0.25, 0.3) is 0 Å². The van der Waals surface area contributed by atoms with Gasteiger partial charge in [-0.05, 0) is 42.8 Å². The predicted octanol–water partition coefficient (Wildman–Crippen LogP) is 4.68. The third-order valence-corrected chi connectivity index (χ3v) is 10.5. The average Bonchev–Trinajstić information content (AvgIpc) is 2.65. The van der Waals surface area contributed by atoms with E-state index in [-0.39, 0.29) is 23.8 Å². The van der Waals surface area contributed by atoms with Crippen LogP contribution < -0.4 is 5.32 Å². The van der Waals surface area contributed by atoms with Gasteiger partial charge in [0, 0.05) is 18.6 Å². The number of halogens is 3.